The summed E-state index contributed by atoms with van der Waals surface area (Å²) in [5.74, 6) is 0.889. The lowest BCUT2D eigenvalue weighted by molar-refractivity contribution is 0.609. The number of aryl methyl sites for hydroxylation is 2. The first-order valence-electron chi connectivity index (χ1n) is 5.32. The zero-order chi connectivity index (χ0) is 11.1. The maximum absolute atomic E-state index is 5.57. The summed E-state index contributed by atoms with van der Waals surface area (Å²) in [6.07, 6.45) is 3.63. The fourth-order valence-corrected chi connectivity index (χ4v) is 2.83. The summed E-state index contributed by atoms with van der Waals surface area (Å²) in [6.45, 7) is 0. The predicted molar refractivity (Wildman–Crippen MR) is 74.6 cm³/mol. The highest BCUT2D eigenvalue weighted by molar-refractivity contribution is 9.48. The summed E-state index contributed by atoms with van der Waals surface area (Å²) in [4.78, 5) is 3.48. The van der Waals surface area contributed by atoms with Crippen molar-refractivity contribution in [3.8, 4) is 5.75 Å². The number of halogens is 2. The number of H-pyrrole nitrogens is 1. The molecule has 1 aliphatic carbocycles. The summed E-state index contributed by atoms with van der Waals surface area (Å²) < 4.78 is 5.44. The van der Waals surface area contributed by atoms with Gasteiger partial charge in [0.25, 0.3) is 0 Å². The minimum absolute atomic E-state index is 0.135. The molecule has 0 radical (unpaired) electrons. The molecule has 2 aromatic rings. The van der Waals surface area contributed by atoms with Crippen LogP contribution in [0.15, 0.2) is 18.2 Å². The lowest BCUT2D eigenvalue weighted by Gasteiger charge is -2.05. The van der Waals surface area contributed by atoms with Crippen molar-refractivity contribution in [1.29, 1.82) is 0 Å². The van der Waals surface area contributed by atoms with Crippen LogP contribution in [-0.2, 0) is 12.8 Å². The van der Waals surface area contributed by atoms with Gasteiger partial charge in [-0.2, -0.15) is 0 Å². The monoisotopic (exact) mass is 341 g/mol. The number of fused-ring (bicyclic) bond motifs is 3. The van der Waals surface area contributed by atoms with Gasteiger partial charge in [-0.1, -0.05) is 31.5 Å². The molecule has 1 aliphatic rings. The lowest BCUT2D eigenvalue weighted by Crippen LogP contribution is -2.03. The molecular weight excluding hydrogens is 333 g/mol. The van der Waals surface area contributed by atoms with Crippen LogP contribution in [0.25, 0.3) is 10.9 Å². The Labute approximate surface area is 111 Å². The number of aromatic nitrogens is 1. The van der Waals surface area contributed by atoms with Gasteiger partial charge < -0.3 is 9.64 Å². The van der Waals surface area contributed by atoms with Crippen LogP contribution in [0, 0.1) is 0 Å². The molecule has 82 valence electrons. The summed E-state index contributed by atoms with van der Waals surface area (Å²) in [6, 6.07) is 6.19. The third-order valence-corrected chi connectivity index (χ3v) is 3.42. The molecule has 1 aromatic heterocycles. The van der Waals surface area contributed by atoms with Crippen LogP contribution in [0.1, 0.15) is 17.7 Å². The lowest BCUT2D eigenvalue weighted by atomic mass is 10.1. The van der Waals surface area contributed by atoms with Gasteiger partial charge in [0.15, 0.2) is 0 Å². The molecule has 5 heteroatoms. The SMILES string of the molecule is BrB(Br)Oc1ccc2[nH]c3c(c2c1)CCC3. The van der Waals surface area contributed by atoms with E-state index in [1.807, 2.05) is 6.07 Å². The highest BCUT2D eigenvalue weighted by atomic mass is 79.9. The molecule has 0 fully saturated rings. The number of aromatic amines is 1. The highest BCUT2D eigenvalue weighted by Gasteiger charge is 2.17. The Kier molecular flexibility index (Phi) is 2.76. The summed E-state index contributed by atoms with van der Waals surface area (Å²) in [5, 5.41) is 1.31. The molecule has 3 rings (SSSR count). The quantitative estimate of drug-likeness (QED) is 0.825. The Morgan fingerprint density at radius 1 is 1.25 bits per heavy atom. The van der Waals surface area contributed by atoms with Crippen molar-refractivity contribution in [2.75, 3.05) is 0 Å². The molecule has 16 heavy (non-hydrogen) atoms. The molecule has 2 nitrogen and oxygen atoms in total. The Bertz CT molecular complexity index is 538. The highest BCUT2D eigenvalue weighted by Crippen LogP contribution is 2.32. The smallest absolute Gasteiger partial charge is 0.514 e. The van der Waals surface area contributed by atoms with E-state index in [1.165, 1.54) is 41.4 Å². The van der Waals surface area contributed by atoms with Crippen molar-refractivity contribution in [1.82, 2.24) is 4.98 Å². The van der Waals surface area contributed by atoms with Crippen molar-refractivity contribution in [3.63, 3.8) is 0 Å². The molecule has 0 spiro atoms. The van der Waals surface area contributed by atoms with Gasteiger partial charge in [0.05, 0.1) is 0 Å². The Hall–Kier alpha value is -0.415. The summed E-state index contributed by atoms with van der Waals surface area (Å²) >= 11 is 6.63. The van der Waals surface area contributed by atoms with Gasteiger partial charge in [0.1, 0.15) is 5.75 Å². The van der Waals surface area contributed by atoms with E-state index >= 15 is 0 Å². The Balaban J connectivity index is 2.09. The van der Waals surface area contributed by atoms with Crippen molar-refractivity contribution in [3.05, 3.63) is 29.5 Å². The number of hydrogen-bond acceptors (Lipinski definition) is 1. The van der Waals surface area contributed by atoms with Crippen molar-refractivity contribution >= 4 is 47.0 Å². The fraction of sp³-hybridized carbons (Fsp3) is 0.273. The third kappa shape index (κ3) is 1.80. The first-order valence-corrected chi connectivity index (χ1v) is 7.15. The van der Waals surface area contributed by atoms with Gasteiger partial charge in [-0.15, -0.1) is 0 Å². The molecule has 1 heterocycles. The van der Waals surface area contributed by atoms with Crippen LogP contribution >= 0.6 is 31.5 Å². The van der Waals surface area contributed by atoms with E-state index in [4.69, 9.17) is 4.65 Å². The number of benzene rings is 1. The predicted octanol–water partition coefficient (Wildman–Crippen LogP) is 3.81. The largest absolute Gasteiger partial charge is 0.541 e. The molecule has 0 amide bonds. The standard InChI is InChI=1S/C11H10BBr2NO/c13-12(14)16-7-4-5-11-9(6-7)8-2-1-3-10(8)15-11/h4-6,15H,1-3H2. The van der Waals surface area contributed by atoms with Crippen LogP contribution < -0.4 is 4.65 Å². The number of rotatable bonds is 2. The van der Waals surface area contributed by atoms with E-state index in [1.54, 1.807) is 0 Å². The number of hydrogen-bond donors (Lipinski definition) is 1. The average Bonchev–Trinajstić information content (AvgIpc) is 2.77. The normalized spacial score (nSPS) is 14.1. The average molecular weight is 343 g/mol. The zero-order valence-electron chi connectivity index (χ0n) is 8.59. The van der Waals surface area contributed by atoms with Gasteiger partial charge >= 0.3 is 4.56 Å². The molecule has 0 aliphatic heterocycles. The molecule has 0 atom stereocenters. The van der Waals surface area contributed by atoms with E-state index in [2.05, 4.69) is 48.6 Å². The van der Waals surface area contributed by atoms with Crippen LogP contribution in [0.4, 0.5) is 0 Å². The molecule has 1 aromatic carbocycles. The molecule has 0 saturated carbocycles. The van der Waals surface area contributed by atoms with E-state index < -0.39 is 0 Å². The van der Waals surface area contributed by atoms with Crippen molar-refractivity contribution < 1.29 is 4.65 Å². The second kappa shape index (κ2) is 4.11. The molecule has 0 bridgehead atoms. The van der Waals surface area contributed by atoms with E-state index in [0.717, 1.165) is 5.75 Å². The topological polar surface area (TPSA) is 25.0 Å². The van der Waals surface area contributed by atoms with Crippen LogP contribution in [0.2, 0.25) is 0 Å². The van der Waals surface area contributed by atoms with Gasteiger partial charge in [-0.05, 0) is 43.0 Å². The fourth-order valence-electron chi connectivity index (χ4n) is 2.40. The van der Waals surface area contributed by atoms with Crippen molar-refractivity contribution in [2.45, 2.75) is 19.3 Å². The van der Waals surface area contributed by atoms with Crippen LogP contribution in [0.3, 0.4) is 0 Å². The van der Waals surface area contributed by atoms with E-state index in [-0.39, 0.29) is 4.56 Å². The summed E-state index contributed by atoms with van der Waals surface area (Å²) in [5.41, 5.74) is 4.10. The molecular formula is C11H10BBr2NO. The molecule has 0 unspecified atom stereocenters. The van der Waals surface area contributed by atoms with Crippen LogP contribution in [-0.4, -0.2) is 9.55 Å². The Morgan fingerprint density at radius 2 is 2.12 bits per heavy atom. The second-order valence-corrected chi connectivity index (χ2v) is 6.91. The Morgan fingerprint density at radius 3 is 2.94 bits per heavy atom. The summed E-state index contributed by atoms with van der Waals surface area (Å²) in [7, 11) is 0. The van der Waals surface area contributed by atoms with Gasteiger partial charge in [0.2, 0.25) is 0 Å². The second-order valence-electron chi connectivity index (χ2n) is 4.02. The maximum Gasteiger partial charge on any atom is 0.514 e. The third-order valence-electron chi connectivity index (χ3n) is 3.04. The van der Waals surface area contributed by atoms with Crippen molar-refractivity contribution in [2.24, 2.45) is 0 Å². The number of nitrogens with one attached hydrogen (secondary N) is 1. The van der Waals surface area contributed by atoms with E-state index in [9.17, 15) is 0 Å². The molecule has 1 N–H and O–H groups in total. The van der Waals surface area contributed by atoms with Crippen LogP contribution in [0.5, 0.6) is 5.75 Å². The van der Waals surface area contributed by atoms with Gasteiger partial charge in [-0.3, -0.25) is 0 Å². The first kappa shape index (κ1) is 10.7. The molecule has 0 saturated heterocycles. The minimum atomic E-state index is -0.135. The van der Waals surface area contributed by atoms with Gasteiger partial charge in [-0.25, -0.2) is 0 Å². The first-order chi connectivity index (χ1) is 7.74. The van der Waals surface area contributed by atoms with Gasteiger partial charge in [0, 0.05) is 16.6 Å². The zero-order valence-corrected chi connectivity index (χ0v) is 11.8. The maximum atomic E-state index is 5.57. The minimum Gasteiger partial charge on any atom is -0.541 e. The van der Waals surface area contributed by atoms with E-state index in [0.29, 0.717) is 0 Å².